The molecule has 0 unspecified atom stereocenters. The van der Waals surface area contributed by atoms with E-state index in [-0.39, 0.29) is 24.0 Å². The molecule has 0 radical (unpaired) electrons. The lowest BCUT2D eigenvalue weighted by Crippen LogP contribution is -2.52. The zero-order chi connectivity index (χ0) is 18.5. The fourth-order valence-corrected chi connectivity index (χ4v) is 5.19. The van der Waals surface area contributed by atoms with Gasteiger partial charge in [-0.3, -0.25) is 4.79 Å². The number of amides is 1. The molecule has 0 spiro atoms. The minimum atomic E-state index is 0.0392. The van der Waals surface area contributed by atoms with Gasteiger partial charge in [-0.15, -0.1) is 0 Å². The van der Waals surface area contributed by atoms with Crippen molar-refractivity contribution in [3.05, 3.63) is 17.0 Å². The van der Waals surface area contributed by atoms with Crippen molar-refractivity contribution in [3.63, 3.8) is 0 Å². The minimum Gasteiger partial charge on any atom is -0.380 e. The third kappa shape index (κ3) is 4.81. The number of nitrogens with one attached hydrogen (secondary N) is 2. The molecule has 6 nitrogen and oxygen atoms in total. The molecule has 3 rings (SSSR count). The molecule has 0 bridgehead atoms. The summed E-state index contributed by atoms with van der Waals surface area (Å²) in [7, 11) is 1.79. The lowest BCUT2D eigenvalue weighted by atomic mass is 9.82. The Kier molecular flexibility index (Phi) is 7.00. The minimum absolute atomic E-state index is 0.0392. The molecule has 1 saturated heterocycles. The van der Waals surface area contributed by atoms with Gasteiger partial charge < -0.3 is 19.9 Å². The Hall–Kier alpha value is -1.05. The van der Waals surface area contributed by atoms with E-state index in [1.165, 1.54) is 24.3 Å². The van der Waals surface area contributed by atoms with Crippen LogP contribution in [0.3, 0.4) is 0 Å². The van der Waals surface area contributed by atoms with Gasteiger partial charge in [0.1, 0.15) is 5.76 Å². The molecule has 1 aromatic heterocycles. The number of nitrogens with zero attached hydrogens (tertiary/aromatic N) is 1. The number of hydrogen-bond donors (Lipinski definition) is 2. The first-order chi connectivity index (χ1) is 12.6. The highest BCUT2D eigenvalue weighted by Gasteiger charge is 2.35. The van der Waals surface area contributed by atoms with Gasteiger partial charge in [0.15, 0.2) is 0 Å². The van der Waals surface area contributed by atoms with Crippen molar-refractivity contribution in [2.24, 2.45) is 5.92 Å². The number of rotatable bonds is 6. The first-order valence-electron chi connectivity index (χ1n) is 9.64. The number of hydrogen-bond acceptors (Lipinski definition) is 6. The number of methoxy groups -OCH3 is 1. The van der Waals surface area contributed by atoms with Crippen molar-refractivity contribution in [3.8, 4) is 0 Å². The summed E-state index contributed by atoms with van der Waals surface area (Å²) in [5, 5.41) is 10.8. The van der Waals surface area contributed by atoms with Gasteiger partial charge in [0.25, 0.3) is 0 Å². The highest BCUT2D eigenvalue weighted by molar-refractivity contribution is 7.99. The van der Waals surface area contributed by atoms with Crippen molar-refractivity contribution in [2.45, 2.75) is 70.7 Å². The molecular weight excluding hydrogens is 350 g/mol. The molecule has 2 N–H and O–H groups in total. The van der Waals surface area contributed by atoms with E-state index in [9.17, 15) is 4.79 Å². The van der Waals surface area contributed by atoms with E-state index in [1.54, 1.807) is 7.11 Å². The maximum Gasteiger partial charge on any atom is 0.223 e. The number of ether oxygens (including phenoxy) is 1. The number of carbonyl (C=O) groups is 1. The van der Waals surface area contributed by atoms with Crippen LogP contribution in [0.15, 0.2) is 4.52 Å². The molecule has 1 amide bonds. The summed E-state index contributed by atoms with van der Waals surface area (Å²) < 4.78 is 10.9. The summed E-state index contributed by atoms with van der Waals surface area (Å²) in [5.74, 6) is 3.40. The van der Waals surface area contributed by atoms with Crippen LogP contribution >= 0.6 is 11.8 Å². The van der Waals surface area contributed by atoms with Crippen LogP contribution in [-0.2, 0) is 16.1 Å². The normalized spacial score (nSPS) is 27.4. The molecule has 1 aliphatic carbocycles. The molecule has 2 fully saturated rings. The van der Waals surface area contributed by atoms with Gasteiger partial charge in [0.2, 0.25) is 5.91 Å². The third-order valence-corrected chi connectivity index (χ3v) is 6.80. The largest absolute Gasteiger partial charge is 0.380 e. The highest BCUT2D eigenvalue weighted by atomic mass is 32.2. The fraction of sp³-hybridized carbons (Fsp3) is 0.789. The molecule has 1 saturated carbocycles. The van der Waals surface area contributed by atoms with Crippen molar-refractivity contribution in [2.75, 3.05) is 18.6 Å². The fourth-order valence-electron chi connectivity index (χ4n) is 4.08. The maximum atomic E-state index is 12.7. The Morgan fingerprint density at radius 1 is 1.27 bits per heavy atom. The van der Waals surface area contributed by atoms with Crippen LogP contribution in [0.1, 0.15) is 49.1 Å². The van der Waals surface area contributed by atoms with Crippen LogP contribution in [0.4, 0.5) is 0 Å². The Labute approximate surface area is 160 Å². The van der Waals surface area contributed by atoms with Crippen LogP contribution in [-0.4, -0.2) is 47.9 Å². The highest BCUT2D eigenvalue weighted by Crippen LogP contribution is 2.28. The van der Waals surface area contributed by atoms with Crippen molar-refractivity contribution < 1.29 is 14.1 Å². The first kappa shape index (κ1) is 19.7. The molecule has 7 heteroatoms. The molecule has 146 valence electrons. The van der Waals surface area contributed by atoms with Crippen LogP contribution < -0.4 is 10.6 Å². The van der Waals surface area contributed by atoms with Crippen molar-refractivity contribution >= 4 is 17.7 Å². The summed E-state index contributed by atoms with van der Waals surface area (Å²) in [5.41, 5.74) is 1.83. The van der Waals surface area contributed by atoms with Gasteiger partial charge in [-0.05, 0) is 57.5 Å². The Morgan fingerprint density at radius 2 is 2.04 bits per heavy atom. The van der Waals surface area contributed by atoms with Crippen molar-refractivity contribution in [1.82, 2.24) is 15.8 Å². The van der Waals surface area contributed by atoms with Gasteiger partial charge >= 0.3 is 0 Å². The number of aromatic nitrogens is 1. The molecule has 2 aliphatic rings. The molecular formula is C19H31N3O3S. The summed E-state index contributed by atoms with van der Waals surface area (Å²) in [6.07, 6.45) is 5.27. The lowest BCUT2D eigenvalue weighted by Gasteiger charge is -2.38. The maximum absolute atomic E-state index is 12.7. The van der Waals surface area contributed by atoms with E-state index < -0.39 is 0 Å². The van der Waals surface area contributed by atoms with E-state index >= 15 is 0 Å². The van der Waals surface area contributed by atoms with Crippen LogP contribution in [0, 0.1) is 19.8 Å². The summed E-state index contributed by atoms with van der Waals surface area (Å²) in [6.45, 7) is 4.28. The Morgan fingerprint density at radius 3 is 2.69 bits per heavy atom. The summed E-state index contributed by atoms with van der Waals surface area (Å²) in [4.78, 5) is 12.7. The van der Waals surface area contributed by atoms with Gasteiger partial charge in [0, 0.05) is 37.2 Å². The van der Waals surface area contributed by atoms with E-state index in [1.807, 2.05) is 25.6 Å². The van der Waals surface area contributed by atoms with Gasteiger partial charge in [-0.25, -0.2) is 0 Å². The van der Waals surface area contributed by atoms with Crippen LogP contribution in [0.5, 0.6) is 0 Å². The number of aryl methyl sites for hydroxylation is 2. The zero-order valence-electron chi connectivity index (χ0n) is 16.0. The lowest BCUT2D eigenvalue weighted by molar-refractivity contribution is -0.127. The average molecular weight is 382 g/mol. The monoisotopic (exact) mass is 381 g/mol. The van der Waals surface area contributed by atoms with Gasteiger partial charge in [-0.1, -0.05) is 5.16 Å². The Balaban J connectivity index is 1.54. The van der Waals surface area contributed by atoms with Gasteiger partial charge in [-0.2, -0.15) is 11.8 Å². The second kappa shape index (κ2) is 9.24. The predicted molar refractivity (Wildman–Crippen MR) is 103 cm³/mol. The summed E-state index contributed by atoms with van der Waals surface area (Å²) >= 11 is 2.03. The average Bonchev–Trinajstić information content (AvgIpc) is 2.98. The topological polar surface area (TPSA) is 76.4 Å². The standard InChI is InChI=1S/C19H31N3O3S/c1-12-16(13(2)25-22-12)11-20-19(23)14-4-5-18(24-3)17(10-14)21-15-6-8-26-9-7-15/h14-15,17-18,21H,4-11H2,1-3H3,(H,20,23)/t14-,17+,18+/m0/s1. The predicted octanol–water partition coefficient (Wildman–Crippen LogP) is 2.58. The van der Waals surface area contributed by atoms with Crippen molar-refractivity contribution in [1.29, 1.82) is 0 Å². The molecule has 0 aromatic carbocycles. The smallest absolute Gasteiger partial charge is 0.223 e. The molecule has 3 atom stereocenters. The second-order valence-corrected chi connectivity index (χ2v) is 8.69. The molecule has 26 heavy (non-hydrogen) atoms. The van der Waals surface area contributed by atoms with E-state index in [0.29, 0.717) is 12.6 Å². The second-order valence-electron chi connectivity index (χ2n) is 7.46. The number of thioether (sulfide) groups is 1. The first-order valence-corrected chi connectivity index (χ1v) is 10.8. The SMILES string of the molecule is CO[C@@H]1CC[C@H](C(=O)NCc2c(C)noc2C)C[C@H]1NC1CCSCC1. The zero-order valence-corrected chi connectivity index (χ0v) is 16.9. The van der Waals surface area contributed by atoms with Crippen LogP contribution in [0.2, 0.25) is 0 Å². The summed E-state index contributed by atoms with van der Waals surface area (Å²) in [6, 6.07) is 0.819. The number of carbonyl (C=O) groups excluding carboxylic acids is 1. The molecule has 1 aromatic rings. The van der Waals surface area contributed by atoms with Crippen LogP contribution in [0.25, 0.3) is 0 Å². The molecule has 2 heterocycles. The van der Waals surface area contributed by atoms with E-state index in [4.69, 9.17) is 9.26 Å². The molecule has 1 aliphatic heterocycles. The Bertz CT molecular complexity index is 581. The van der Waals surface area contributed by atoms with E-state index in [2.05, 4.69) is 15.8 Å². The quantitative estimate of drug-likeness (QED) is 0.789. The third-order valence-electron chi connectivity index (χ3n) is 5.75. The van der Waals surface area contributed by atoms with E-state index in [0.717, 1.165) is 36.3 Å². The van der Waals surface area contributed by atoms with Gasteiger partial charge in [0.05, 0.1) is 11.8 Å².